The molecule has 0 radical (unpaired) electrons. The first-order valence-corrected chi connectivity index (χ1v) is 6.91. The number of nitrogens with one attached hydrogen (secondary N) is 1. The summed E-state index contributed by atoms with van der Waals surface area (Å²) in [5.41, 5.74) is 0.515. The summed E-state index contributed by atoms with van der Waals surface area (Å²) in [5.74, 6) is 0.430. The molecule has 0 atom stereocenters. The molecule has 0 aliphatic heterocycles. The third kappa shape index (κ3) is 3.01. The normalized spacial score (nSPS) is 15.4. The van der Waals surface area contributed by atoms with Gasteiger partial charge in [-0.25, -0.2) is 9.78 Å². The Morgan fingerprint density at radius 2 is 2.10 bits per heavy atom. The van der Waals surface area contributed by atoms with Gasteiger partial charge in [-0.05, 0) is 25.0 Å². The average Bonchev–Trinajstić information content (AvgIpc) is 2.96. The molecule has 3 rings (SSSR count). The van der Waals surface area contributed by atoms with Gasteiger partial charge in [0.25, 0.3) is 0 Å². The largest absolute Gasteiger partial charge is 0.352 e. The van der Waals surface area contributed by atoms with E-state index >= 15 is 0 Å². The quantitative estimate of drug-likeness (QED) is 0.910. The van der Waals surface area contributed by atoms with E-state index in [1.165, 1.54) is 23.7 Å². The zero-order valence-electron chi connectivity index (χ0n) is 11.2. The molecule has 0 aromatic carbocycles. The van der Waals surface area contributed by atoms with E-state index in [1.807, 2.05) is 18.2 Å². The van der Waals surface area contributed by atoms with E-state index in [0.29, 0.717) is 18.5 Å². The predicted octanol–water partition coefficient (Wildman–Crippen LogP) is 1.44. The van der Waals surface area contributed by atoms with Gasteiger partial charge in [0, 0.05) is 12.2 Å². The molecule has 0 saturated heterocycles. The van der Waals surface area contributed by atoms with E-state index in [1.54, 1.807) is 6.20 Å². The fourth-order valence-electron chi connectivity index (χ4n) is 2.45. The third-order valence-electron chi connectivity index (χ3n) is 3.51. The number of pyridine rings is 1. The van der Waals surface area contributed by atoms with Crippen molar-refractivity contribution in [2.24, 2.45) is 0 Å². The molecule has 1 N–H and O–H groups in total. The molecular weight excluding hydrogens is 254 g/mol. The topological polar surface area (TPSA) is 72.7 Å². The van der Waals surface area contributed by atoms with E-state index in [0.717, 1.165) is 18.5 Å². The van der Waals surface area contributed by atoms with Gasteiger partial charge in [-0.15, -0.1) is 0 Å². The number of nitrogens with zero attached hydrogens (tertiary/aromatic N) is 4. The lowest BCUT2D eigenvalue weighted by Crippen LogP contribution is -2.27. The lowest BCUT2D eigenvalue weighted by Gasteiger charge is -2.11. The van der Waals surface area contributed by atoms with Crippen molar-refractivity contribution in [1.29, 1.82) is 0 Å². The zero-order valence-corrected chi connectivity index (χ0v) is 11.2. The Labute approximate surface area is 116 Å². The first-order chi connectivity index (χ1) is 9.81. The van der Waals surface area contributed by atoms with Crippen LogP contribution in [0.2, 0.25) is 0 Å². The molecule has 0 amide bonds. The number of rotatable bonds is 4. The van der Waals surface area contributed by atoms with Crippen LogP contribution in [0.15, 0.2) is 35.5 Å². The van der Waals surface area contributed by atoms with Gasteiger partial charge < -0.3 is 5.32 Å². The Hall–Kier alpha value is -2.24. The van der Waals surface area contributed by atoms with E-state index < -0.39 is 0 Å². The van der Waals surface area contributed by atoms with Gasteiger partial charge in [-0.3, -0.25) is 9.55 Å². The van der Waals surface area contributed by atoms with Crippen molar-refractivity contribution in [1.82, 2.24) is 19.5 Å². The fraction of sp³-hybridized carbons (Fsp3) is 0.429. The molecule has 104 valence electrons. The van der Waals surface area contributed by atoms with Gasteiger partial charge in [0.1, 0.15) is 6.33 Å². The maximum atomic E-state index is 12.0. The lowest BCUT2D eigenvalue weighted by molar-refractivity contribution is 0.676. The first kappa shape index (κ1) is 12.8. The molecule has 1 fully saturated rings. The van der Waals surface area contributed by atoms with Gasteiger partial charge in [-0.2, -0.15) is 4.98 Å². The highest BCUT2D eigenvalue weighted by Gasteiger charge is 2.15. The monoisotopic (exact) mass is 271 g/mol. The van der Waals surface area contributed by atoms with Crippen molar-refractivity contribution in [2.45, 2.75) is 38.3 Å². The van der Waals surface area contributed by atoms with Crippen LogP contribution in [-0.4, -0.2) is 25.6 Å². The maximum absolute atomic E-state index is 12.0. The number of hydrogen-bond donors (Lipinski definition) is 1. The zero-order chi connectivity index (χ0) is 13.8. The van der Waals surface area contributed by atoms with E-state index in [-0.39, 0.29) is 5.69 Å². The Balaban J connectivity index is 1.72. The van der Waals surface area contributed by atoms with Gasteiger partial charge >= 0.3 is 5.69 Å². The molecule has 2 aromatic rings. The SMILES string of the molecule is O=c1nc(NC2CCCC2)ncn1Cc1ccccn1. The van der Waals surface area contributed by atoms with E-state index in [9.17, 15) is 4.79 Å². The second kappa shape index (κ2) is 5.81. The van der Waals surface area contributed by atoms with Gasteiger partial charge in [0.2, 0.25) is 5.95 Å². The minimum absolute atomic E-state index is 0.300. The maximum Gasteiger partial charge on any atom is 0.352 e. The van der Waals surface area contributed by atoms with Crippen molar-refractivity contribution < 1.29 is 0 Å². The number of hydrogen-bond acceptors (Lipinski definition) is 5. The summed E-state index contributed by atoms with van der Waals surface area (Å²) in [6.07, 6.45) is 7.95. The number of aromatic nitrogens is 4. The highest BCUT2D eigenvalue weighted by molar-refractivity contribution is 5.23. The Morgan fingerprint density at radius 1 is 1.25 bits per heavy atom. The van der Waals surface area contributed by atoms with Crippen molar-refractivity contribution >= 4 is 5.95 Å². The van der Waals surface area contributed by atoms with Crippen molar-refractivity contribution in [3.8, 4) is 0 Å². The molecular formula is C14H17N5O. The molecule has 0 unspecified atom stereocenters. The van der Waals surface area contributed by atoms with Crippen LogP contribution in [0.4, 0.5) is 5.95 Å². The second-order valence-electron chi connectivity index (χ2n) is 5.04. The second-order valence-corrected chi connectivity index (χ2v) is 5.04. The fourth-order valence-corrected chi connectivity index (χ4v) is 2.45. The molecule has 2 heterocycles. The Morgan fingerprint density at radius 3 is 2.80 bits per heavy atom. The van der Waals surface area contributed by atoms with Gasteiger partial charge in [-0.1, -0.05) is 18.9 Å². The van der Waals surface area contributed by atoms with Crippen LogP contribution in [0, 0.1) is 0 Å². The lowest BCUT2D eigenvalue weighted by atomic mass is 10.3. The van der Waals surface area contributed by atoms with Crippen LogP contribution in [0.3, 0.4) is 0 Å². The summed E-state index contributed by atoms with van der Waals surface area (Å²) in [4.78, 5) is 24.4. The van der Waals surface area contributed by atoms with Gasteiger partial charge in [0.15, 0.2) is 0 Å². The summed E-state index contributed by atoms with van der Waals surface area (Å²) in [6, 6.07) is 6.01. The van der Waals surface area contributed by atoms with Gasteiger partial charge in [0.05, 0.1) is 12.2 Å². The molecule has 0 spiro atoms. The van der Waals surface area contributed by atoms with Crippen LogP contribution in [0.1, 0.15) is 31.4 Å². The highest BCUT2D eigenvalue weighted by atomic mass is 16.1. The standard InChI is InChI=1S/C14H17N5O/c20-14-18-13(17-11-5-1-2-6-11)16-10-19(14)9-12-7-3-4-8-15-12/h3-4,7-8,10-11H,1-2,5-6,9H2,(H,17,18,20). The summed E-state index contributed by atoms with van der Waals surface area (Å²) in [7, 11) is 0. The van der Waals surface area contributed by atoms with Crippen molar-refractivity contribution in [2.75, 3.05) is 5.32 Å². The van der Waals surface area contributed by atoms with Crippen LogP contribution in [0.5, 0.6) is 0 Å². The molecule has 1 saturated carbocycles. The highest BCUT2D eigenvalue weighted by Crippen LogP contribution is 2.20. The first-order valence-electron chi connectivity index (χ1n) is 6.91. The van der Waals surface area contributed by atoms with Crippen molar-refractivity contribution in [3.63, 3.8) is 0 Å². The van der Waals surface area contributed by atoms with E-state index in [4.69, 9.17) is 0 Å². The van der Waals surface area contributed by atoms with E-state index in [2.05, 4.69) is 20.3 Å². The van der Waals surface area contributed by atoms with Crippen LogP contribution in [-0.2, 0) is 6.54 Å². The predicted molar refractivity (Wildman–Crippen MR) is 75.5 cm³/mol. The molecule has 1 aliphatic carbocycles. The molecule has 20 heavy (non-hydrogen) atoms. The van der Waals surface area contributed by atoms with Crippen molar-refractivity contribution in [3.05, 3.63) is 46.9 Å². The Bertz CT molecular complexity index is 619. The minimum Gasteiger partial charge on any atom is -0.351 e. The number of anilines is 1. The molecule has 1 aliphatic rings. The molecule has 2 aromatic heterocycles. The smallest absolute Gasteiger partial charge is 0.351 e. The Kier molecular flexibility index (Phi) is 3.71. The average molecular weight is 271 g/mol. The van der Waals surface area contributed by atoms with Crippen LogP contribution < -0.4 is 11.0 Å². The summed E-state index contributed by atoms with van der Waals surface area (Å²) in [5, 5.41) is 3.22. The molecule has 0 bridgehead atoms. The molecule has 6 heteroatoms. The summed E-state index contributed by atoms with van der Waals surface area (Å²) in [6.45, 7) is 0.392. The molecule has 6 nitrogen and oxygen atoms in total. The third-order valence-corrected chi connectivity index (χ3v) is 3.51. The summed E-state index contributed by atoms with van der Waals surface area (Å²) < 4.78 is 1.46. The van der Waals surface area contributed by atoms with Crippen LogP contribution >= 0.6 is 0 Å². The van der Waals surface area contributed by atoms with Crippen LogP contribution in [0.25, 0.3) is 0 Å². The minimum atomic E-state index is -0.300. The summed E-state index contributed by atoms with van der Waals surface area (Å²) >= 11 is 0.